The fraction of sp³-hybridized carbons (Fsp3) is 0.235. The third-order valence-electron chi connectivity index (χ3n) is 3.73. The molecule has 2 aromatic rings. The van der Waals surface area contributed by atoms with Crippen LogP contribution in [0.2, 0.25) is 5.02 Å². The molecule has 0 spiro atoms. The molecule has 5 nitrogen and oxygen atoms in total. The fourth-order valence-electron chi connectivity index (χ4n) is 2.73. The van der Waals surface area contributed by atoms with Crippen LogP contribution in [0.15, 0.2) is 42.6 Å². The predicted molar refractivity (Wildman–Crippen MR) is 86.6 cm³/mol. The monoisotopic (exact) mass is 330 g/mol. The van der Waals surface area contributed by atoms with Crippen LogP contribution in [0.4, 0.5) is 5.69 Å². The van der Waals surface area contributed by atoms with E-state index in [-0.39, 0.29) is 24.2 Å². The van der Waals surface area contributed by atoms with E-state index in [0.717, 1.165) is 17.7 Å². The number of hydrogen-bond donors (Lipinski definition) is 0. The molecule has 0 saturated carbocycles. The molecular formula is C17H15ClN2O3. The molecule has 1 aliphatic heterocycles. The summed E-state index contributed by atoms with van der Waals surface area (Å²) in [5, 5.41) is 0.389. The lowest BCUT2D eigenvalue weighted by atomic mass is 10.1. The van der Waals surface area contributed by atoms with Gasteiger partial charge < -0.3 is 9.64 Å². The number of ether oxygens (including phenoxy) is 1. The van der Waals surface area contributed by atoms with Gasteiger partial charge in [-0.1, -0.05) is 29.8 Å². The van der Waals surface area contributed by atoms with Crippen LogP contribution in [-0.4, -0.2) is 29.5 Å². The summed E-state index contributed by atoms with van der Waals surface area (Å²) in [5.41, 5.74) is 2.08. The Hall–Kier alpha value is -2.40. The van der Waals surface area contributed by atoms with Crippen molar-refractivity contribution in [2.75, 3.05) is 11.5 Å². The minimum atomic E-state index is -0.666. The number of halogens is 1. The lowest BCUT2D eigenvalue weighted by Gasteiger charge is -2.22. The van der Waals surface area contributed by atoms with E-state index in [0.29, 0.717) is 5.02 Å². The van der Waals surface area contributed by atoms with Crippen molar-refractivity contribution in [3.63, 3.8) is 0 Å². The summed E-state index contributed by atoms with van der Waals surface area (Å²) in [4.78, 5) is 29.9. The molecule has 0 aliphatic carbocycles. The first kappa shape index (κ1) is 15.5. The van der Waals surface area contributed by atoms with Crippen LogP contribution < -0.4 is 4.90 Å². The van der Waals surface area contributed by atoms with Gasteiger partial charge in [0, 0.05) is 22.9 Å². The van der Waals surface area contributed by atoms with Crippen molar-refractivity contribution < 1.29 is 14.3 Å². The number of benzene rings is 1. The second kappa shape index (κ2) is 6.38. The zero-order valence-electron chi connectivity index (χ0n) is 12.5. The van der Waals surface area contributed by atoms with Gasteiger partial charge in [-0.2, -0.15) is 0 Å². The lowest BCUT2D eigenvalue weighted by molar-refractivity contribution is -0.122. The summed E-state index contributed by atoms with van der Waals surface area (Å²) >= 11 is 5.81. The van der Waals surface area contributed by atoms with Gasteiger partial charge in [0.05, 0.1) is 0 Å². The van der Waals surface area contributed by atoms with E-state index in [2.05, 4.69) is 4.98 Å². The molecule has 6 heteroatoms. The molecule has 1 amide bonds. The summed E-state index contributed by atoms with van der Waals surface area (Å²) < 4.78 is 5.07. The highest BCUT2D eigenvalue weighted by atomic mass is 35.5. The van der Waals surface area contributed by atoms with Gasteiger partial charge in [0.1, 0.15) is 5.69 Å². The van der Waals surface area contributed by atoms with Crippen molar-refractivity contribution in [3.05, 3.63) is 58.9 Å². The molecule has 2 heterocycles. The maximum atomic E-state index is 12.4. The topological polar surface area (TPSA) is 59.5 Å². The number of pyridine rings is 1. The highest BCUT2D eigenvalue weighted by Crippen LogP contribution is 2.31. The summed E-state index contributed by atoms with van der Waals surface area (Å²) in [6.45, 7) is 1.64. The summed E-state index contributed by atoms with van der Waals surface area (Å²) in [6.07, 6.45) is 2.21. The number of fused-ring (bicyclic) bond motifs is 1. The molecule has 0 radical (unpaired) electrons. The van der Waals surface area contributed by atoms with Crippen LogP contribution in [0, 0.1) is 0 Å². The first-order valence-electron chi connectivity index (χ1n) is 7.25. The number of aromatic nitrogens is 1. The molecule has 1 aromatic carbocycles. The Balaban J connectivity index is 1.67. The summed E-state index contributed by atoms with van der Waals surface area (Å²) in [5.74, 6) is -0.918. The van der Waals surface area contributed by atoms with Gasteiger partial charge in [0.25, 0.3) is 5.91 Å². The maximum Gasteiger partial charge on any atom is 0.357 e. The molecule has 1 aliphatic rings. The number of rotatable bonds is 3. The normalized spacial score (nSPS) is 16.1. The number of para-hydroxylation sites is 1. The highest BCUT2D eigenvalue weighted by molar-refractivity contribution is 6.30. The number of esters is 1. The van der Waals surface area contributed by atoms with E-state index in [4.69, 9.17) is 16.3 Å². The highest BCUT2D eigenvalue weighted by Gasteiger charge is 2.31. The molecule has 0 bridgehead atoms. The van der Waals surface area contributed by atoms with E-state index < -0.39 is 5.97 Å². The molecule has 23 heavy (non-hydrogen) atoms. The predicted octanol–water partition coefficient (Wildman–Crippen LogP) is 2.87. The Morgan fingerprint density at radius 3 is 2.91 bits per heavy atom. The fourth-order valence-corrected chi connectivity index (χ4v) is 2.89. The molecule has 0 saturated heterocycles. The van der Waals surface area contributed by atoms with Crippen molar-refractivity contribution in [3.8, 4) is 0 Å². The Morgan fingerprint density at radius 2 is 2.13 bits per heavy atom. The molecule has 0 unspecified atom stereocenters. The van der Waals surface area contributed by atoms with Gasteiger partial charge in [0.15, 0.2) is 6.61 Å². The number of nitrogens with zero attached hydrogens (tertiary/aromatic N) is 2. The zero-order valence-corrected chi connectivity index (χ0v) is 13.3. The average Bonchev–Trinajstić information content (AvgIpc) is 2.88. The smallest absolute Gasteiger partial charge is 0.357 e. The van der Waals surface area contributed by atoms with Crippen LogP contribution in [0.25, 0.3) is 0 Å². The van der Waals surface area contributed by atoms with Gasteiger partial charge in [-0.25, -0.2) is 9.78 Å². The van der Waals surface area contributed by atoms with Crippen molar-refractivity contribution in [2.45, 2.75) is 19.4 Å². The molecule has 3 rings (SSSR count). The van der Waals surface area contributed by atoms with Gasteiger partial charge in [-0.15, -0.1) is 0 Å². The second-order valence-electron chi connectivity index (χ2n) is 5.38. The van der Waals surface area contributed by atoms with Gasteiger partial charge in [-0.05, 0) is 37.1 Å². The minimum Gasteiger partial charge on any atom is -0.451 e. The number of carbonyl (C=O) groups excluding carboxylic acids is 2. The van der Waals surface area contributed by atoms with Crippen molar-refractivity contribution in [1.29, 1.82) is 0 Å². The Morgan fingerprint density at radius 1 is 1.35 bits per heavy atom. The number of amides is 1. The standard InChI is InChI=1S/C17H15ClN2O3/c1-11-8-12-4-2-3-5-15(12)20(11)16(21)10-23-17(22)14-9-13(18)6-7-19-14/h2-7,9,11H,8,10H2,1H3/t11-/m1/s1. The Kier molecular flexibility index (Phi) is 4.30. The van der Waals surface area contributed by atoms with E-state index in [9.17, 15) is 9.59 Å². The average molecular weight is 331 g/mol. The molecule has 0 fully saturated rings. The summed E-state index contributed by atoms with van der Waals surface area (Å²) in [6, 6.07) is 10.7. The van der Waals surface area contributed by atoms with Gasteiger partial charge in [0.2, 0.25) is 0 Å². The second-order valence-corrected chi connectivity index (χ2v) is 5.82. The van der Waals surface area contributed by atoms with Crippen LogP contribution >= 0.6 is 11.6 Å². The third kappa shape index (κ3) is 3.19. The van der Waals surface area contributed by atoms with E-state index in [1.165, 1.54) is 12.3 Å². The Labute approximate surface area is 138 Å². The summed E-state index contributed by atoms with van der Waals surface area (Å²) in [7, 11) is 0. The molecule has 118 valence electrons. The lowest BCUT2D eigenvalue weighted by Crippen LogP contribution is -2.38. The minimum absolute atomic E-state index is 0.0443. The Bertz CT molecular complexity index is 763. The number of hydrogen-bond acceptors (Lipinski definition) is 4. The molecule has 0 N–H and O–H groups in total. The van der Waals surface area contributed by atoms with E-state index in [1.807, 2.05) is 31.2 Å². The number of carbonyl (C=O) groups is 2. The van der Waals surface area contributed by atoms with Gasteiger partial charge >= 0.3 is 5.97 Å². The largest absolute Gasteiger partial charge is 0.451 e. The van der Waals surface area contributed by atoms with Crippen LogP contribution in [0.1, 0.15) is 23.0 Å². The van der Waals surface area contributed by atoms with Crippen molar-refractivity contribution in [1.82, 2.24) is 4.98 Å². The van der Waals surface area contributed by atoms with Crippen molar-refractivity contribution in [2.24, 2.45) is 0 Å². The molecule has 1 aromatic heterocycles. The number of anilines is 1. The van der Waals surface area contributed by atoms with E-state index >= 15 is 0 Å². The quantitative estimate of drug-likeness (QED) is 0.812. The van der Waals surface area contributed by atoms with E-state index in [1.54, 1.807) is 11.0 Å². The maximum absolute atomic E-state index is 12.4. The van der Waals surface area contributed by atoms with Crippen LogP contribution in [0.3, 0.4) is 0 Å². The van der Waals surface area contributed by atoms with Gasteiger partial charge in [-0.3, -0.25) is 4.79 Å². The molecule has 1 atom stereocenters. The first-order chi connectivity index (χ1) is 11.1. The SMILES string of the molecule is C[C@@H]1Cc2ccccc2N1C(=O)COC(=O)c1cc(Cl)ccn1. The van der Waals surface area contributed by atoms with Crippen molar-refractivity contribution >= 4 is 29.2 Å². The van der Waals surface area contributed by atoms with Crippen LogP contribution in [0.5, 0.6) is 0 Å². The first-order valence-corrected chi connectivity index (χ1v) is 7.62. The third-order valence-corrected chi connectivity index (χ3v) is 3.97. The zero-order chi connectivity index (χ0) is 16.4. The molecular weight excluding hydrogens is 316 g/mol. The van der Waals surface area contributed by atoms with Crippen LogP contribution in [-0.2, 0) is 16.0 Å².